The van der Waals surface area contributed by atoms with Gasteiger partial charge in [-0.3, -0.25) is 14.4 Å². The Morgan fingerprint density at radius 1 is 1.00 bits per heavy atom. The highest BCUT2D eigenvalue weighted by atomic mass is 79.9. The lowest BCUT2D eigenvalue weighted by molar-refractivity contribution is -0.187. The van der Waals surface area contributed by atoms with Gasteiger partial charge >= 0.3 is 5.97 Å². The largest absolute Gasteiger partial charge is 0.456 e. The van der Waals surface area contributed by atoms with Crippen LogP contribution in [-0.4, -0.2) is 17.5 Å². The topological polar surface area (TPSA) is 60.4 Å². The van der Waals surface area contributed by atoms with Gasteiger partial charge in [0, 0.05) is 16.5 Å². The molecule has 0 radical (unpaired) electrons. The zero-order valence-corrected chi connectivity index (χ0v) is 18.7. The highest BCUT2D eigenvalue weighted by molar-refractivity contribution is 9.10. The summed E-state index contributed by atoms with van der Waals surface area (Å²) < 4.78 is 6.66. The van der Waals surface area contributed by atoms with Gasteiger partial charge in [0.05, 0.1) is 5.41 Å². The summed E-state index contributed by atoms with van der Waals surface area (Å²) in [7, 11) is 0. The molecule has 29 heavy (non-hydrogen) atoms. The van der Waals surface area contributed by atoms with E-state index in [4.69, 9.17) is 4.74 Å². The average molecular weight is 457 g/mol. The lowest BCUT2D eigenvalue weighted by atomic mass is 9.64. The maximum atomic E-state index is 13.4. The van der Waals surface area contributed by atoms with Crippen molar-refractivity contribution in [3.63, 3.8) is 0 Å². The van der Waals surface area contributed by atoms with Gasteiger partial charge in [-0.25, -0.2) is 0 Å². The number of ketones is 2. The third-order valence-electron chi connectivity index (χ3n) is 5.79. The standard InChI is InChI=1S/C24H25BrO4/c1-5-15-6-8-16(9-7-15)19(26)14-24(4)21(27)23(2,3)20(29-22(24)28)17-10-12-18(25)13-11-17/h6-13,20H,5,14H2,1-4H3. The van der Waals surface area contributed by atoms with Gasteiger partial charge in [0.1, 0.15) is 11.5 Å². The Labute approximate surface area is 179 Å². The van der Waals surface area contributed by atoms with E-state index in [1.54, 1.807) is 26.0 Å². The molecule has 2 unspecified atom stereocenters. The Bertz CT molecular complexity index is 944. The van der Waals surface area contributed by atoms with Crippen LogP contribution in [0.4, 0.5) is 0 Å². The molecular weight excluding hydrogens is 432 g/mol. The molecule has 1 heterocycles. The SMILES string of the molecule is CCc1ccc(C(=O)CC2(C)C(=O)OC(c3ccc(Br)cc3)C(C)(C)C2=O)cc1. The van der Waals surface area contributed by atoms with Crippen molar-refractivity contribution >= 4 is 33.5 Å². The summed E-state index contributed by atoms with van der Waals surface area (Å²) in [6.45, 7) is 7.11. The van der Waals surface area contributed by atoms with Gasteiger partial charge in [-0.05, 0) is 50.5 Å². The predicted molar refractivity (Wildman–Crippen MR) is 115 cm³/mol. The molecule has 1 aliphatic rings. The molecule has 0 bridgehead atoms. The minimum Gasteiger partial charge on any atom is -0.456 e. The fraction of sp³-hybridized carbons (Fsp3) is 0.375. The van der Waals surface area contributed by atoms with E-state index in [1.807, 2.05) is 43.3 Å². The lowest BCUT2D eigenvalue weighted by Crippen LogP contribution is -2.54. The summed E-state index contributed by atoms with van der Waals surface area (Å²) in [6.07, 6.45) is -0.0162. The Hall–Kier alpha value is -2.27. The lowest BCUT2D eigenvalue weighted by Gasteiger charge is -2.44. The van der Waals surface area contributed by atoms with Gasteiger partial charge < -0.3 is 4.74 Å². The first-order valence-electron chi connectivity index (χ1n) is 9.73. The molecule has 1 aliphatic heterocycles. The number of esters is 1. The summed E-state index contributed by atoms with van der Waals surface area (Å²) in [5.74, 6) is -1.15. The molecule has 2 atom stereocenters. The van der Waals surface area contributed by atoms with Crippen LogP contribution in [0, 0.1) is 10.8 Å². The first kappa shape index (κ1) is 21.4. The summed E-state index contributed by atoms with van der Waals surface area (Å²) in [5.41, 5.74) is -0.0849. The second kappa shape index (κ2) is 7.86. The third-order valence-corrected chi connectivity index (χ3v) is 6.32. The van der Waals surface area contributed by atoms with Crippen LogP contribution < -0.4 is 0 Å². The fourth-order valence-corrected chi connectivity index (χ4v) is 4.20. The first-order valence-corrected chi connectivity index (χ1v) is 10.5. The second-order valence-corrected chi connectivity index (χ2v) is 9.29. The van der Waals surface area contributed by atoms with Crippen LogP contribution in [0.3, 0.4) is 0 Å². The van der Waals surface area contributed by atoms with Crippen LogP contribution in [0.5, 0.6) is 0 Å². The molecule has 3 rings (SSSR count). The predicted octanol–water partition coefficient (Wildman–Crippen LogP) is 5.48. The highest BCUT2D eigenvalue weighted by Crippen LogP contribution is 2.49. The molecule has 4 nitrogen and oxygen atoms in total. The van der Waals surface area contributed by atoms with Crippen LogP contribution in [0.25, 0.3) is 0 Å². The second-order valence-electron chi connectivity index (χ2n) is 8.37. The fourth-order valence-electron chi connectivity index (χ4n) is 3.93. The van der Waals surface area contributed by atoms with E-state index in [-0.39, 0.29) is 18.0 Å². The van der Waals surface area contributed by atoms with E-state index in [0.29, 0.717) is 5.56 Å². The van der Waals surface area contributed by atoms with Gasteiger partial charge in [-0.15, -0.1) is 0 Å². The maximum absolute atomic E-state index is 13.4. The molecule has 1 fully saturated rings. The third kappa shape index (κ3) is 3.93. The zero-order valence-electron chi connectivity index (χ0n) is 17.1. The number of benzene rings is 2. The summed E-state index contributed by atoms with van der Waals surface area (Å²) in [6, 6.07) is 14.6. The maximum Gasteiger partial charge on any atom is 0.320 e. The quantitative estimate of drug-likeness (QED) is 0.339. The molecule has 0 spiro atoms. The zero-order chi connectivity index (χ0) is 21.4. The van der Waals surface area contributed by atoms with E-state index in [0.717, 1.165) is 22.0 Å². The van der Waals surface area contributed by atoms with Gasteiger partial charge in [0.15, 0.2) is 11.6 Å². The molecule has 2 aromatic carbocycles. The van der Waals surface area contributed by atoms with Crippen LogP contribution in [0.1, 0.15) is 61.7 Å². The van der Waals surface area contributed by atoms with Crippen LogP contribution in [0.15, 0.2) is 53.0 Å². The summed E-state index contributed by atoms with van der Waals surface area (Å²) >= 11 is 3.39. The smallest absolute Gasteiger partial charge is 0.320 e. The molecule has 0 aromatic heterocycles. The summed E-state index contributed by atoms with van der Waals surface area (Å²) in [5, 5.41) is 0. The number of Topliss-reactive ketones (excluding diaryl/α,β-unsaturated/α-hetero) is 2. The number of hydrogen-bond acceptors (Lipinski definition) is 4. The van der Waals surface area contributed by atoms with E-state index < -0.39 is 22.9 Å². The number of ether oxygens (including phenoxy) is 1. The Kier molecular flexibility index (Phi) is 5.81. The number of carbonyl (C=O) groups is 3. The van der Waals surface area contributed by atoms with E-state index in [1.165, 1.54) is 6.92 Å². The number of halogens is 1. The highest BCUT2D eigenvalue weighted by Gasteiger charge is 2.58. The molecule has 0 saturated carbocycles. The first-order chi connectivity index (χ1) is 13.6. The van der Waals surface area contributed by atoms with Crippen molar-refractivity contribution in [2.45, 2.75) is 46.6 Å². The minimum atomic E-state index is -1.50. The van der Waals surface area contributed by atoms with E-state index >= 15 is 0 Å². The van der Waals surface area contributed by atoms with Crippen molar-refractivity contribution in [3.05, 3.63) is 69.7 Å². The van der Waals surface area contributed by atoms with E-state index in [9.17, 15) is 14.4 Å². The van der Waals surface area contributed by atoms with Gasteiger partial charge in [0.2, 0.25) is 0 Å². The van der Waals surface area contributed by atoms with Crippen LogP contribution in [0.2, 0.25) is 0 Å². The van der Waals surface area contributed by atoms with Crippen LogP contribution >= 0.6 is 15.9 Å². The van der Waals surface area contributed by atoms with Crippen molar-refractivity contribution in [2.24, 2.45) is 10.8 Å². The monoisotopic (exact) mass is 456 g/mol. The number of hydrogen-bond donors (Lipinski definition) is 0. The normalized spacial score (nSPS) is 23.6. The van der Waals surface area contributed by atoms with Gasteiger partial charge in [0.25, 0.3) is 0 Å². The number of rotatable bonds is 5. The van der Waals surface area contributed by atoms with Gasteiger partial charge in [-0.2, -0.15) is 0 Å². The molecular formula is C24H25BrO4. The molecule has 1 saturated heterocycles. The minimum absolute atomic E-state index is 0.202. The molecule has 2 aromatic rings. The molecule has 0 N–H and O–H groups in total. The molecule has 0 aliphatic carbocycles. The Balaban J connectivity index is 1.88. The Morgan fingerprint density at radius 3 is 2.14 bits per heavy atom. The average Bonchev–Trinajstić information content (AvgIpc) is 2.70. The van der Waals surface area contributed by atoms with Crippen molar-refractivity contribution in [1.29, 1.82) is 0 Å². The molecule has 5 heteroatoms. The van der Waals surface area contributed by atoms with Crippen molar-refractivity contribution in [1.82, 2.24) is 0 Å². The van der Waals surface area contributed by atoms with Crippen molar-refractivity contribution in [2.75, 3.05) is 0 Å². The van der Waals surface area contributed by atoms with Crippen molar-refractivity contribution in [3.8, 4) is 0 Å². The number of carbonyl (C=O) groups excluding carboxylic acids is 3. The van der Waals surface area contributed by atoms with Gasteiger partial charge in [-0.1, -0.05) is 59.3 Å². The number of aryl methyl sites for hydroxylation is 1. The Morgan fingerprint density at radius 2 is 1.59 bits per heavy atom. The van der Waals surface area contributed by atoms with E-state index in [2.05, 4.69) is 15.9 Å². The molecule has 152 valence electrons. The molecule has 0 amide bonds. The summed E-state index contributed by atoms with van der Waals surface area (Å²) in [4.78, 5) is 39.2. The van der Waals surface area contributed by atoms with Crippen LogP contribution in [-0.2, 0) is 20.7 Å². The number of cyclic esters (lactones) is 1. The van der Waals surface area contributed by atoms with Crippen molar-refractivity contribution < 1.29 is 19.1 Å².